The van der Waals surface area contributed by atoms with Crippen molar-refractivity contribution in [2.45, 2.75) is 38.3 Å². The molecule has 0 fully saturated rings. The molecule has 0 aliphatic carbocycles. The van der Waals surface area contributed by atoms with Crippen LogP contribution in [0.1, 0.15) is 19.4 Å². The molecular formula is C20H23Cl2N3O2S. The van der Waals surface area contributed by atoms with Gasteiger partial charge in [0.05, 0.1) is 10.7 Å². The summed E-state index contributed by atoms with van der Waals surface area (Å²) in [6.45, 7) is 6.47. The second-order valence-corrected chi connectivity index (χ2v) is 9.75. The van der Waals surface area contributed by atoms with Crippen LogP contribution in [0.5, 0.6) is 0 Å². The fourth-order valence-electron chi connectivity index (χ4n) is 3.30. The van der Waals surface area contributed by atoms with Gasteiger partial charge < -0.3 is 10.3 Å². The molecule has 3 aromatic rings. The Morgan fingerprint density at radius 2 is 1.86 bits per heavy atom. The first-order chi connectivity index (χ1) is 13.1. The van der Waals surface area contributed by atoms with Gasteiger partial charge in [-0.15, -0.1) is 0 Å². The van der Waals surface area contributed by atoms with Crippen LogP contribution < -0.4 is 10.5 Å². The highest BCUT2D eigenvalue weighted by molar-refractivity contribution is 7.89. The largest absolute Gasteiger partial charge is 0.398 e. The molecule has 0 saturated carbocycles. The molecule has 3 N–H and O–H groups in total. The lowest BCUT2D eigenvalue weighted by Gasteiger charge is -2.24. The summed E-state index contributed by atoms with van der Waals surface area (Å²) in [5.41, 5.74) is 8.13. The third-order valence-electron chi connectivity index (χ3n) is 4.80. The number of rotatable bonds is 6. The number of hydrogen-bond acceptors (Lipinski definition) is 3. The molecular weight excluding hydrogens is 417 g/mol. The van der Waals surface area contributed by atoms with Crippen LogP contribution in [-0.4, -0.2) is 19.0 Å². The summed E-state index contributed by atoms with van der Waals surface area (Å²) in [6.07, 6.45) is 2.04. The highest BCUT2D eigenvalue weighted by Gasteiger charge is 2.27. The monoisotopic (exact) mass is 439 g/mol. The van der Waals surface area contributed by atoms with Crippen molar-refractivity contribution in [3.63, 3.8) is 0 Å². The van der Waals surface area contributed by atoms with E-state index in [0.717, 1.165) is 16.5 Å². The van der Waals surface area contributed by atoms with Crippen molar-refractivity contribution < 1.29 is 8.42 Å². The van der Waals surface area contributed by atoms with Gasteiger partial charge in [0, 0.05) is 34.7 Å². The Kier molecular flexibility index (Phi) is 5.96. The molecule has 0 radical (unpaired) electrons. The maximum absolute atomic E-state index is 13.0. The fourth-order valence-corrected chi connectivity index (χ4v) is 5.66. The predicted molar refractivity (Wildman–Crippen MR) is 116 cm³/mol. The number of benzene rings is 2. The number of aromatic nitrogens is 1. The Morgan fingerprint density at radius 1 is 1.18 bits per heavy atom. The van der Waals surface area contributed by atoms with Gasteiger partial charge in [0.2, 0.25) is 10.0 Å². The first-order valence-corrected chi connectivity index (χ1v) is 11.2. The lowest BCUT2D eigenvalue weighted by molar-refractivity contribution is 0.403. The fraction of sp³-hybridized carbons (Fsp3) is 0.300. The van der Waals surface area contributed by atoms with Gasteiger partial charge in [0.15, 0.2) is 0 Å². The van der Waals surface area contributed by atoms with Gasteiger partial charge in [-0.1, -0.05) is 55.2 Å². The minimum atomic E-state index is -3.93. The number of nitrogens with two attached hydrogens (primary N) is 1. The Labute approximate surface area is 175 Å². The first kappa shape index (κ1) is 21.0. The zero-order chi connectivity index (χ0) is 20.6. The standard InChI is InChI=1S/C20H23Cl2N3O2S/c1-12(2)18(11-25-10-13(3)15-6-4-5-7-19(15)25)24-28(26,27)20-16(22)8-14(21)9-17(20)23/h4-10,12,18,24H,11,23H2,1-3H3/t18-/m1/s1. The average Bonchev–Trinajstić information content (AvgIpc) is 2.89. The van der Waals surface area contributed by atoms with Crippen LogP contribution in [0, 0.1) is 12.8 Å². The molecule has 1 aromatic heterocycles. The number of aryl methyl sites for hydroxylation is 1. The van der Waals surface area contributed by atoms with Crippen molar-refractivity contribution in [1.29, 1.82) is 0 Å². The van der Waals surface area contributed by atoms with Gasteiger partial charge in [-0.25, -0.2) is 13.1 Å². The maximum atomic E-state index is 13.0. The molecule has 0 saturated heterocycles. The minimum absolute atomic E-state index is 0.00210. The van der Waals surface area contributed by atoms with Crippen LogP contribution in [0.25, 0.3) is 10.9 Å². The molecule has 5 nitrogen and oxygen atoms in total. The van der Waals surface area contributed by atoms with E-state index in [1.165, 1.54) is 12.1 Å². The van der Waals surface area contributed by atoms with Crippen molar-refractivity contribution in [1.82, 2.24) is 9.29 Å². The molecule has 0 amide bonds. The number of nitrogen functional groups attached to an aromatic ring is 1. The van der Waals surface area contributed by atoms with E-state index in [4.69, 9.17) is 28.9 Å². The van der Waals surface area contributed by atoms with Crippen LogP contribution in [-0.2, 0) is 16.6 Å². The van der Waals surface area contributed by atoms with E-state index < -0.39 is 10.0 Å². The van der Waals surface area contributed by atoms with Gasteiger partial charge >= 0.3 is 0 Å². The van der Waals surface area contributed by atoms with Crippen molar-refractivity contribution in [3.8, 4) is 0 Å². The number of anilines is 1. The molecule has 0 bridgehead atoms. The second-order valence-electron chi connectivity index (χ2n) is 7.26. The van der Waals surface area contributed by atoms with Gasteiger partial charge in [-0.3, -0.25) is 0 Å². The molecule has 0 aliphatic heterocycles. The highest BCUT2D eigenvalue weighted by Crippen LogP contribution is 2.31. The summed E-state index contributed by atoms with van der Waals surface area (Å²) in [6, 6.07) is 10.5. The van der Waals surface area contributed by atoms with E-state index in [-0.39, 0.29) is 32.6 Å². The van der Waals surface area contributed by atoms with Crippen molar-refractivity contribution in [2.24, 2.45) is 5.92 Å². The number of sulfonamides is 1. The number of nitrogens with one attached hydrogen (secondary N) is 1. The van der Waals surface area contributed by atoms with E-state index >= 15 is 0 Å². The van der Waals surface area contributed by atoms with E-state index in [1.807, 2.05) is 45.2 Å². The lowest BCUT2D eigenvalue weighted by atomic mass is 10.1. The summed E-state index contributed by atoms with van der Waals surface area (Å²) < 4.78 is 30.9. The highest BCUT2D eigenvalue weighted by atomic mass is 35.5. The Balaban J connectivity index is 1.95. The van der Waals surface area contributed by atoms with Crippen LogP contribution >= 0.6 is 23.2 Å². The van der Waals surface area contributed by atoms with Crippen LogP contribution in [0.2, 0.25) is 10.0 Å². The summed E-state index contributed by atoms with van der Waals surface area (Å²) in [5, 5.41) is 1.44. The molecule has 0 unspecified atom stereocenters. The third kappa shape index (κ3) is 4.15. The SMILES string of the molecule is Cc1cn(C[C@@H](NS(=O)(=O)c2c(N)cc(Cl)cc2Cl)C(C)C)c2ccccc12. The smallest absolute Gasteiger partial charge is 0.244 e. The van der Waals surface area contributed by atoms with Crippen LogP contribution in [0.15, 0.2) is 47.5 Å². The zero-order valence-corrected chi connectivity index (χ0v) is 18.2. The van der Waals surface area contributed by atoms with Crippen molar-refractivity contribution in [2.75, 3.05) is 5.73 Å². The van der Waals surface area contributed by atoms with Crippen LogP contribution in [0.4, 0.5) is 5.69 Å². The van der Waals surface area contributed by atoms with Crippen molar-refractivity contribution in [3.05, 3.63) is 58.2 Å². The van der Waals surface area contributed by atoms with E-state index in [0.29, 0.717) is 6.54 Å². The normalized spacial score (nSPS) is 13.4. The van der Waals surface area contributed by atoms with E-state index in [2.05, 4.69) is 15.4 Å². The Morgan fingerprint density at radius 3 is 2.50 bits per heavy atom. The summed E-state index contributed by atoms with van der Waals surface area (Å²) in [4.78, 5) is -0.141. The minimum Gasteiger partial charge on any atom is -0.398 e. The molecule has 1 heterocycles. The molecule has 3 rings (SSSR count). The van der Waals surface area contributed by atoms with Crippen molar-refractivity contribution >= 4 is 49.8 Å². The summed E-state index contributed by atoms with van der Waals surface area (Å²) in [5.74, 6) is 0.0449. The summed E-state index contributed by atoms with van der Waals surface area (Å²) in [7, 11) is -3.93. The van der Waals surface area contributed by atoms with E-state index in [1.54, 1.807) is 0 Å². The van der Waals surface area contributed by atoms with Gasteiger partial charge in [0.1, 0.15) is 4.90 Å². The molecule has 150 valence electrons. The van der Waals surface area contributed by atoms with Crippen LogP contribution in [0.3, 0.4) is 0 Å². The number of fused-ring (bicyclic) bond motifs is 1. The third-order valence-corrected chi connectivity index (χ3v) is 7.03. The van der Waals surface area contributed by atoms with E-state index in [9.17, 15) is 8.42 Å². The lowest BCUT2D eigenvalue weighted by Crippen LogP contribution is -2.41. The molecule has 28 heavy (non-hydrogen) atoms. The average molecular weight is 440 g/mol. The van der Waals surface area contributed by atoms with Gasteiger partial charge in [0.25, 0.3) is 0 Å². The number of para-hydroxylation sites is 1. The first-order valence-electron chi connectivity index (χ1n) is 8.91. The zero-order valence-electron chi connectivity index (χ0n) is 15.9. The molecule has 0 spiro atoms. The predicted octanol–water partition coefficient (Wildman–Crippen LogP) is 4.84. The summed E-state index contributed by atoms with van der Waals surface area (Å²) >= 11 is 12.0. The number of nitrogens with zero attached hydrogens (tertiary/aromatic N) is 1. The Hall–Kier alpha value is -1.73. The number of halogens is 2. The maximum Gasteiger partial charge on any atom is 0.244 e. The quantitative estimate of drug-likeness (QED) is 0.539. The topological polar surface area (TPSA) is 77.1 Å². The van der Waals surface area contributed by atoms with Gasteiger partial charge in [-0.2, -0.15) is 0 Å². The second kappa shape index (κ2) is 7.95. The molecule has 2 aromatic carbocycles. The molecule has 8 heteroatoms. The molecule has 0 aliphatic rings. The Bertz CT molecular complexity index is 1100. The number of hydrogen-bond donors (Lipinski definition) is 2. The van der Waals surface area contributed by atoms with Gasteiger partial charge in [-0.05, 0) is 36.6 Å². The molecule has 1 atom stereocenters.